The molecule has 3 aliphatic carbocycles. The van der Waals surface area contributed by atoms with Crippen LogP contribution in [0.5, 0.6) is 5.75 Å². The number of phenols is 1. The van der Waals surface area contributed by atoms with Gasteiger partial charge in [-0.05, 0) is 48.8 Å². The molecular formula is C15H17ClO2. The number of carbonyl (C=O) groups excluding carboxylic acids is 1. The van der Waals surface area contributed by atoms with Crippen molar-refractivity contribution in [3.8, 4) is 5.75 Å². The summed E-state index contributed by atoms with van der Waals surface area (Å²) >= 11 is 6.02. The smallest absolute Gasteiger partial charge is 0.169 e. The minimum atomic E-state index is -0.259. The number of hydrogen-bond donors (Lipinski definition) is 1. The lowest BCUT2D eigenvalue weighted by molar-refractivity contribution is 0.0731. The van der Waals surface area contributed by atoms with Crippen LogP contribution < -0.4 is 0 Å². The van der Waals surface area contributed by atoms with Gasteiger partial charge in [-0.25, -0.2) is 0 Å². The number of halogens is 1. The molecule has 4 rings (SSSR count). The van der Waals surface area contributed by atoms with Gasteiger partial charge in [-0.1, -0.05) is 25.4 Å². The zero-order valence-electron chi connectivity index (χ0n) is 10.7. The second-order valence-corrected chi connectivity index (χ2v) is 6.71. The predicted octanol–water partition coefficient (Wildman–Crippen LogP) is 4.08. The first-order valence-corrected chi connectivity index (χ1v) is 6.81. The largest absolute Gasteiger partial charge is 0.506 e. The van der Waals surface area contributed by atoms with Crippen molar-refractivity contribution >= 4 is 17.4 Å². The van der Waals surface area contributed by atoms with Crippen LogP contribution in [0.2, 0.25) is 5.02 Å². The van der Waals surface area contributed by atoms with E-state index in [1.54, 1.807) is 12.1 Å². The molecule has 0 aliphatic heterocycles. The summed E-state index contributed by atoms with van der Waals surface area (Å²) in [7, 11) is 0. The van der Waals surface area contributed by atoms with E-state index in [1.807, 2.05) is 0 Å². The maximum atomic E-state index is 12.7. The molecule has 1 aromatic rings. The highest BCUT2D eigenvalue weighted by molar-refractivity contribution is 6.32. The van der Waals surface area contributed by atoms with Gasteiger partial charge in [0.2, 0.25) is 0 Å². The van der Waals surface area contributed by atoms with Gasteiger partial charge in [0, 0.05) is 11.0 Å². The number of rotatable bonds is 0. The lowest BCUT2D eigenvalue weighted by Crippen LogP contribution is -2.33. The summed E-state index contributed by atoms with van der Waals surface area (Å²) in [6.45, 7) is 4.26. The average molecular weight is 265 g/mol. The van der Waals surface area contributed by atoms with Gasteiger partial charge in [0.1, 0.15) is 5.75 Å². The lowest BCUT2D eigenvalue weighted by Gasteiger charge is -2.38. The van der Waals surface area contributed by atoms with Crippen LogP contribution in [0, 0.1) is 5.41 Å². The highest BCUT2D eigenvalue weighted by Gasteiger charge is 2.48. The predicted molar refractivity (Wildman–Crippen MR) is 71.4 cm³/mol. The van der Waals surface area contributed by atoms with Crippen LogP contribution in [0.25, 0.3) is 0 Å². The number of fused-ring (bicyclic) bond motifs is 2. The fourth-order valence-electron chi connectivity index (χ4n) is 3.42. The number of benzene rings is 1. The third kappa shape index (κ3) is 1.45. The Balaban J connectivity index is 2.31. The standard InChI is InChI=1S/C15H17ClO2/c1-14-3-5-15(2,6-4-14)13(18)9-7-12(17)11(16)8-10(9)14/h7-8,17H,3-6H2,1-2H3. The maximum Gasteiger partial charge on any atom is 0.169 e. The number of phenolic OH excluding ortho intramolecular Hbond substituents is 1. The summed E-state index contributed by atoms with van der Waals surface area (Å²) in [5, 5.41) is 10.1. The Labute approximate surface area is 112 Å². The first-order valence-electron chi connectivity index (χ1n) is 6.44. The fourth-order valence-corrected chi connectivity index (χ4v) is 3.59. The van der Waals surface area contributed by atoms with E-state index >= 15 is 0 Å². The van der Waals surface area contributed by atoms with E-state index in [0.717, 1.165) is 31.2 Å². The minimum absolute atomic E-state index is 0.0114. The summed E-state index contributed by atoms with van der Waals surface area (Å²) < 4.78 is 0. The van der Waals surface area contributed by atoms with Crippen molar-refractivity contribution in [3.63, 3.8) is 0 Å². The van der Waals surface area contributed by atoms with E-state index in [-0.39, 0.29) is 22.4 Å². The molecule has 3 aliphatic rings. The Kier molecular flexibility index (Phi) is 2.34. The highest BCUT2D eigenvalue weighted by atomic mass is 35.5. The van der Waals surface area contributed by atoms with Crippen molar-refractivity contribution in [3.05, 3.63) is 28.3 Å². The van der Waals surface area contributed by atoms with Crippen LogP contribution in [0.15, 0.2) is 12.1 Å². The molecule has 0 amide bonds. The monoisotopic (exact) mass is 264 g/mol. The van der Waals surface area contributed by atoms with Gasteiger partial charge < -0.3 is 5.11 Å². The van der Waals surface area contributed by atoms with Crippen molar-refractivity contribution in [1.82, 2.24) is 0 Å². The molecule has 2 nitrogen and oxygen atoms in total. The normalized spacial score (nSPS) is 34.3. The topological polar surface area (TPSA) is 37.3 Å². The molecule has 0 aromatic heterocycles. The first-order chi connectivity index (χ1) is 8.36. The molecule has 0 radical (unpaired) electrons. The van der Waals surface area contributed by atoms with Crippen molar-refractivity contribution in [2.24, 2.45) is 5.41 Å². The SMILES string of the molecule is CC12CCC(C)(CC1)c1cc(Cl)c(O)cc1C2=O. The van der Waals surface area contributed by atoms with Gasteiger partial charge >= 0.3 is 0 Å². The average Bonchev–Trinajstić information content (AvgIpc) is 2.46. The number of carbonyl (C=O) groups is 1. The van der Waals surface area contributed by atoms with E-state index in [4.69, 9.17) is 11.6 Å². The van der Waals surface area contributed by atoms with Gasteiger partial charge in [-0.2, -0.15) is 0 Å². The zero-order valence-corrected chi connectivity index (χ0v) is 11.5. The molecule has 0 spiro atoms. The van der Waals surface area contributed by atoms with Crippen LogP contribution in [-0.4, -0.2) is 10.9 Å². The molecule has 1 aromatic carbocycles. The van der Waals surface area contributed by atoms with Gasteiger partial charge in [-0.15, -0.1) is 0 Å². The van der Waals surface area contributed by atoms with E-state index in [0.29, 0.717) is 10.6 Å². The van der Waals surface area contributed by atoms with Crippen LogP contribution in [0.1, 0.15) is 55.5 Å². The van der Waals surface area contributed by atoms with Gasteiger partial charge in [-0.3, -0.25) is 4.79 Å². The molecule has 0 heterocycles. The second-order valence-electron chi connectivity index (χ2n) is 6.30. The lowest BCUT2D eigenvalue weighted by atomic mass is 9.65. The molecule has 0 unspecified atom stereocenters. The molecule has 2 bridgehead atoms. The Morgan fingerprint density at radius 3 is 2.28 bits per heavy atom. The number of Topliss-reactive ketones (excluding diaryl/α,β-unsaturated/α-hetero) is 1. The van der Waals surface area contributed by atoms with Crippen LogP contribution >= 0.6 is 11.6 Å². The van der Waals surface area contributed by atoms with E-state index in [2.05, 4.69) is 13.8 Å². The molecule has 18 heavy (non-hydrogen) atoms. The third-order valence-corrected chi connectivity index (χ3v) is 5.29. The summed E-state index contributed by atoms with van der Waals surface area (Å²) in [5.74, 6) is 0.183. The van der Waals surface area contributed by atoms with E-state index in [1.165, 1.54) is 0 Å². The number of ketones is 1. The fraction of sp³-hybridized carbons (Fsp3) is 0.533. The second kappa shape index (κ2) is 3.51. The number of hydrogen-bond acceptors (Lipinski definition) is 2. The summed E-state index contributed by atoms with van der Waals surface area (Å²) in [4.78, 5) is 12.7. The van der Waals surface area contributed by atoms with E-state index < -0.39 is 0 Å². The minimum Gasteiger partial charge on any atom is -0.506 e. The molecular weight excluding hydrogens is 248 g/mol. The third-order valence-electron chi connectivity index (χ3n) is 4.99. The summed E-state index contributed by atoms with van der Waals surface area (Å²) in [6.07, 6.45) is 3.89. The van der Waals surface area contributed by atoms with Crippen LogP contribution in [-0.2, 0) is 5.41 Å². The van der Waals surface area contributed by atoms with Gasteiger partial charge in [0.25, 0.3) is 0 Å². The van der Waals surface area contributed by atoms with Crippen molar-refractivity contribution in [1.29, 1.82) is 0 Å². The van der Waals surface area contributed by atoms with Crippen molar-refractivity contribution < 1.29 is 9.90 Å². The maximum absolute atomic E-state index is 12.7. The van der Waals surface area contributed by atoms with Crippen molar-refractivity contribution in [2.45, 2.75) is 44.9 Å². The Bertz CT molecular complexity index is 540. The molecule has 1 fully saturated rings. The Hall–Kier alpha value is -1.02. The van der Waals surface area contributed by atoms with Crippen molar-refractivity contribution in [2.75, 3.05) is 0 Å². The summed E-state index contributed by atoms with van der Waals surface area (Å²) in [5.41, 5.74) is 1.47. The van der Waals surface area contributed by atoms with Gasteiger partial charge in [0.15, 0.2) is 5.78 Å². The molecule has 3 heteroatoms. The molecule has 1 N–H and O–H groups in total. The quantitative estimate of drug-likeness (QED) is 0.767. The van der Waals surface area contributed by atoms with Crippen LogP contribution in [0.3, 0.4) is 0 Å². The number of aromatic hydroxyl groups is 1. The van der Waals surface area contributed by atoms with Gasteiger partial charge in [0.05, 0.1) is 5.02 Å². The Morgan fingerprint density at radius 2 is 1.67 bits per heavy atom. The van der Waals surface area contributed by atoms with Crippen LogP contribution in [0.4, 0.5) is 0 Å². The zero-order chi connectivity index (χ0) is 13.1. The molecule has 1 saturated carbocycles. The van der Waals surface area contributed by atoms with E-state index in [9.17, 15) is 9.90 Å². The molecule has 96 valence electrons. The summed E-state index contributed by atoms with van der Waals surface area (Å²) in [6, 6.07) is 3.36. The first kappa shape index (κ1) is 12.0. The Morgan fingerprint density at radius 1 is 1.11 bits per heavy atom. The highest BCUT2D eigenvalue weighted by Crippen LogP contribution is 2.54. The molecule has 0 saturated heterocycles. The molecule has 0 atom stereocenters.